The maximum absolute atomic E-state index is 12.3. The molecule has 0 atom stereocenters. The number of amides is 1. The summed E-state index contributed by atoms with van der Waals surface area (Å²) in [7, 11) is 0. The highest BCUT2D eigenvalue weighted by Crippen LogP contribution is 2.20. The number of para-hydroxylation sites is 1. The summed E-state index contributed by atoms with van der Waals surface area (Å²) in [5.74, 6) is -0.284. The Labute approximate surface area is 128 Å². The number of benzene rings is 1. The Morgan fingerprint density at radius 3 is 2.81 bits per heavy atom. The van der Waals surface area contributed by atoms with Crippen molar-refractivity contribution < 1.29 is 18.3 Å². The summed E-state index contributed by atoms with van der Waals surface area (Å²) in [5.41, 5.74) is 0.892. The van der Waals surface area contributed by atoms with Gasteiger partial charge in [-0.1, -0.05) is 18.2 Å². The fraction of sp³-hybridized carbons (Fsp3) is 0.143. The number of ether oxygens (including phenoxy) is 1. The number of nitrogens with one attached hydrogen (secondary N) is 1. The van der Waals surface area contributed by atoms with Gasteiger partial charge >= 0.3 is 6.61 Å². The first-order chi connectivity index (χ1) is 10.1. The minimum atomic E-state index is -2.90. The van der Waals surface area contributed by atoms with Crippen LogP contribution in [-0.2, 0) is 6.54 Å². The van der Waals surface area contributed by atoms with Gasteiger partial charge in [0.05, 0.1) is 0 Å². The van der Waals surface area contributed by atoms with Crippen LogP contribution in [0.3, 0.4) is 0 Å². The van der Waals surface area contributed by atoms with Crippen LogP contribution in [0.1, 0.15) is 15.9 Å². The van der Waals surface area contributed by atoms with Gasteiger partial charge in [0.2, 0.25) is 0 Å². The number of hydrogen-bond acceptors (Lipinski definition) is 3. The second-order valence-electron chi connectivity index (χ2n) is 4.04. The summed E-state index contributed by atoms with van der Waals surface area (Å²) >= 11 is 3.17. The predicted octanol–water partition coefficient (Wildman–Crippen LogP) is 3.38. The molecule has 0 spiro atoms. The Hall–Kier alpha value is -2.02. The molecule has 0 bridgehead atoms. The number of hydrogen-bond donors (Lipinski definition) is 1. The van der Waals surface area contributed by atoms with Crippen molar-refractivity contribution in [3.05, 3.63) is 58.3 Å². The maximum atomic E-state index is 12.3. The molecule has 0 saturated carbocycles. The molecule has 0 unspecified atom stereocenters. The molecule has 1 heterocycles. The Balaban J connectivity index is 2.04. The first-order valence-electron chi connectivity index (χ1n) is 5.98. The minimum absolute atomic E-state index is 0.0451. The number of rotatable bonds is 5. The quantitative estimate of drug-likeness (QED) is 0.835. The molecule has 0 fully saturated rings. The highest BCUT2D eigenvalue weighted by Gasteiger charge is 2.11. The second-order valence-corrected chi connectivity index (χ2v) is 4.85. The molecule has 1 amide bonds. The normalized spacial score (nSPS) is 10.5. The number of pyridine rings is 1. The minimum Gasteiger partial charge on any atom is -0.434 e. The van der Waals surface area contributed by atoms with Crippen molar-refractivity contribution in [2.24, 2.45) is 0 Å². The lowest BCUT2D eigenvalue weighted by molar-refractivity contribution is -0.0504. The van der Waals surface area contributed by atoms with Crippen LogP contribution in [0.4, 0.5) is 8.78 Å². The van der Waals surface area contributed by atoms with E-state index in [1.807, 2.05) is 0 Å². The van der Waals surface area contributed by atoms with E-state index in [1.165, 1.54) is 12.3 Å². The Morgan fingerprint density at radius 2 is 2.10 bits per heavy atom. The molecule has 1 N–H and O–H groups in total. The number of alkyl halides is 2. The first-order valence-corrected chi connectivity index (χ1v) is 6.78. The number of carbonyl (C=O) groups excluding carboxylic acids is 1. The summed E-state index contributed by atoms with van der Waals surface area (Å²) < 4.78 is 29.5. The maximum Gasteiger partial charge on any atom is 0.387 e. The molecular weight excluding hydrogens is 346 g/mol. The highest BCUT2D eigenvalue weighted by molar-refractivity contribution is 9.10. The van der Waals surface area contributed by atoms with Crippen molar-refractivity contribution in [1.82, 2.24) is 10.3 Å². The summed E-state index contributed by atoms with van der Waals surface area (Å²) in [6.45, 7) is -2.82. The van der Waals surface area contributed by atoms with E-state index in [9.17, 15) is 13.6 Å². The van der Waals surface area contributed by atoms with Crippen molar-refractivity contribution in [2.45, 2.75) is 13.2 Å². The van der Waals surface area contributed by atoms with Gasteiger partial charge in [-0.15, -0.1) is 0 Å². The molecule has 21 heavy (non-hydrogen) atoms. The van der Waals surface area contributed by atoms with Crippen LogP contribution in [0.5, 0.6) is 5.75 Å². The Morgan fingerprint density at radius 1 is 1.33 bits per heavy atom. The number of aromatic nitrogens is 1. The van der Waals surface area contributed by atoms with Gasteiger partial charge in [-0.2, -0.15) is 8.78 Å². The molecule has 0 aliphatic heterocycles. The molecule has 1 aromatic heterocycles. The molecule has 0 saturated heterocycles. The SMILES string of the molecule is O=C(NCc1ccccc1OC(F)F)c1ccnc(Br)c1. The summed E-state index contributed by atoms with van der Waals surface area (Å²) in [6.07, 6.45) is 1.49. The lowest BCUT2D eigenvalue weighted by atomic mass is 10.2. The molecule has 7 heteroatoms. The number of halogens is 3. The molecule has 1 aromatic carbocycles. The summed E-state index contributed by atoms with van der Waals surface area (Å²) in [6, 6.07) is 9.43. The van der Waals surface area contributed by atoms with E-state index < -0.39 is 6.61 Å². The van der Waals surface area contributed by atoms with Gasteiger partial charge in [-0.05, 0) is 34.1 Å². The largest absolute Gasteiger partial charge is 0.434 e. The topological polar surface area (TPSA) is 51.2 Å². The molecule has 2 aromatic rings. The van der Waals surface area contributed by atoms with Gasteiger partial charge in [0.1, 0.15) is 10.4 Å². The van der Waals surface area contributed by atoms with Crippen LogP contribution in [0.25, 0.3) is 0 Å². The third-order valence-corrected chi connectivity index (χ3v) is 3.05. The fourth-order valence-electron chi connectivity index (χ4n) is 1.68. The zero-order valence-electron chi connectivity index (χ0n) is 10.7. The van der Waals surface area contributed by atoms with Crippen LogP contribution in [0, 0.1) is 0 Å². The van der Waals surface area contributed by atoms with Gasteiger partial charge in [0.25, 0.3) is 5.91 Å². The van der Waals surface area contributed by atoms with E-state index >= 15 is 0 Å². The van der Waals surface area contributed by atoms with Gasteiger partial charge in [-0.3, -0.25) is 4.79 Å². The Bertz CT molecular complexity index is 638. The fourth-order valence-corrected chi connectivity index (χ4v) is 2.05. The van der Waals surface area contributed by atoms with E-state index in [4.69, 9.17) is 0 Å². The Kier molecular flexibility index (Phi) is 5.21. The van der Waals surface area contributed by atoms with Crippen molar-refractivity contribution in [1.29, 1.82) is 0 Å². The zero-order chi connectivity index (χ0) is 15.2. The van der Waals surface area contributed by atoms with E-state index in [2.05, 4.69) is 31.0 Å². The van der Waals surface area contributed by atoms with Crippen molar-refractivity contribution >= 4 is 21.8 Å². The van der Waals surface area contributed by atoms with Gasteiger partial charge in [0, 0.05) is 23.9 Å². The zero-order valence-corrected chi connectivity index (χ0v) is 12.3. The average molecular weight is 357 g/mol. The van der Waals surface area contributed by atoms with E-state index in [0.717, 1.165) is 0 Å². The molecular formula is C14H11BrF2N2O2. The summed E-state index contributed by atoms with van der Waals surface area (Å²) in [5, 5.41) is 2.64. The standard InChI is InChI=1S/C14H11BrF2N2O2/c15-12-7-9(5-6-18-12)13(20)19-8-10-3-1-2-4-11(10)21-14(16)17/h1-7,14H,8H2,(H,19,20). The van der Waals surface area contributed by atoms with Crippen LogP contribution in [0.15, 0.2) is 47.2 Å². The monoisotopic (exact) mass is 356 g/mol. The molecule has 2 rings (SSSR count). The smallest absolute Gasteiger partial charge is 0.387 e. The molecule has 0 radical (unpaired) electrons. The van der Waals surface area contributed by atoms with E-state index in [-0.39, 0.29) is 18.2 Å². The van der Waals surface area contributed by atoms with Crippen LogP contribution < -0.4 is 10.1 Å². The van der Waals surface area contributed by atoms with Crippen molar-refractivity contribution in [3.63, 3.8) is 0 Å². The predicted molar refractivity (Wildman–Crippen MR) is 76.2 cm³/mol. The third-order valence-electron chi connectivity index (χ3n) is 2.62. The molecule has 0 aliphatic carbocycles. The first kappa shape index (κ1) is 15.4. The number of carbonyl (C=O) groups is 1. The highest BCUT2D eigenvalue weighted by atomic mass is 79.9. The van der Waals surface area contributed by atoms with Crippen LogP contribution in [-0.4, -0.2) is 17.5 Å². The van der Waals surface area contributed by atoms with Gasteiger partial charge in [0.15, 0.2) is 0 Å². The second kappa shape index (κ2) is 7.12. The lowest BCUT2D eigenvalue weighted by Crippen LogP contribution is -2.23. The molecule has 0 aliphatic rings. The van der Waals surface area contributed by atoms with Gasteiger partial charge in [-0.25, -0.2) is 4.98 Å². The van der Waals surface area contributed by atoms with Gasteiger partial charge < -0.3 is 10.1 Å². The average Bonchev–Trinajstić information content (AvgIpc) is 2.45. The van der Waals surface area contributed by atoms with Crippen LogP contribution >= 0.6 is 15.9 Å². The van der Waals surface area contributed by atoms with E-state index in [0.29, 0.717) is 15.7 Å². The molecule has 4 nitrogen and oxygen atoms in total. The van der Waals surface area contributed by atoms with E-state index in [1.54, 1.807) is 30.3 Å². The molecule has 110 valence electrons. The van der Waals surface area contributed by atoms with Crippen LogP contribution in [0.2, 0.25) is 0 Å². The van der Waals surface area contributed by atoms with Crippen molar-refractivity contribution in [3.8, 4) is 5.75 Å². The van der Waals surface area contributed by atoms with Crippen molar-refractivity contribution in [2.75, 3.05) is 0 Å². The summed E-state index contributed by atoms with van der Waals surface area (Å²) in [4.78, 5) is 15.9. The lowest BCUT2D eigenvalue weighted by Gasteiger charge is -2.11. The third kappa shape index (κ3) is 4.49. The number of nitrogens with zero attached hydrogens (tertiary/aromatic N) is 1.